The molecule has 0 fully saturated rings. The normalized spacial score (nSPS) is 10.5. The van der Waals surface area contributed by atoms with E-state index in [0.717, 1.165) is 17.5 Å². The van der Waals surface area contributed by atoms with Crippen molar-refractivity contribution in [2.24, 2.45) is 0 Å². The molecule has 1 heterocycles. The number of amides is 1. The van der Waals surface area contributed by atoms with Crippen LogP contribution in [0, 0.1) is 6.92 Å². The molecule has 0 aliphatic carbocycles. The summed E-state index contributed by atoms with van der Waals surface area (Å²) in [6, 6.07) is 17.7. The Labute approximate surface area is 134 Å². The van der Waals surface area contributed by atoms with Crippen molar-refractivity contribution in [2.45, 2.75) is 13.3 Å². The lowest BCUT2D eigenvalue weighted by Gasteiger charge is -2.02. The van der Waals surface area contributed by atoms with Crippen LogP contribution in [0.4, 0.5) is 0 Å². The third-order valence-electron chi connectivity index (χ3n) is 3.44. The Morgan fingerprint density at radius 1 is 1.13 bits per heavy atom. The predicted octanol–water partition coefficient (Wildman–Crippen LogP) is 3.02. The molecular formula is C18H17N3O2. The lowest BCUT2D eigenvalue weighted by atomic mass is 10.1. The van der Waals surface area contributed by atoms with Crippen LogP contribution >= 0.6 is 0 Å². The molecule has 0 radical (unpaired) electrons. The maximum Gasteiger partial charge on any atom is 0.316 e. The van der Waals surface area contributed by atoms with E-state index in [0.29, 0.717) is 12.4 Å². The molecule has 0 bridgehead atoms. The minimum absolute atomic E-state index is 0.0189. The summed E-state index contributed by atoms with van der Waals surface area (Å²) in [6.07, 6.45) is 0.755. The Morgan fingerprint density at radius 3 is 2.74 bits per heavy atom. The average Bonchev–Trinajstić information content (AvgIpc) is 3.06. The zero-order chi connectivity index (χ0) is 16.1. The van der Waals surface area contributed by atoms with Crippen LogP contribution in [-0.2, 0) is 6.42 Å². The highest BCUT2D eigenvalue weighted by Gasteiger charge is 2.15. The van der Waals surface area contributed by atoms with Crippen molar-refractivity contribution >= 4 is 5.91 Å². The molecule has 1 amide bonds. The number of benzene rings is 2. The molecule has 0 unspecified atom stereocenters. The molecule has 3 rings (SSSR count). The van der Waals surface area contributed by atoms with Gasteiger partial charge in [0.2, 0.25) is 5.82 Å². The van der Waals surface area contributed by atoms with Crippen LogP contribution in [-0.4, -0.2) is 22.6 Å². The monoisotopic (exact) mass is 307 g/mol. The van der Waals surface area contributed by atoms with Crippen molar-refractivity contribution in [1.82, 2.24) is 15.5 Å². The van der Waals surface area contributed by atoms with Crippen LogP contribution in [0.2, 0.25) is 0 Å². The first-order chi connectivity index (χ1) is 11.2. The van der Waals surface area contributed by atoms with Gasteiger partial charge in [0.05, 0.1) is 0 Å². The first-order valence-corrected chi connectivity index (χ1v) is 7.45. The lowest BCUT2D eigenvalue weighted by molar-refractivity contribution is 0.0910. The summed E-state index contributed by atoms with van der Waals surface area (Å²) in [5, 5.41) is 6.66. The summed E-state index contributed by atoms with van der Waals surface area (Å²) in [4.78, 5) is 16.2. The Balaban J connectivity index is 1.60. The molecule has 0 aliphatic rings. The van der Waals surface area contributed by atoms with Crippen LogP contribution in [0.3, 0.4) is 0 Å². The molecule has 116 valence electrons. The highest BCUT2D eigenvalue weighted by atomic mass is 16.5. The van der Waals surface area contributed by atoms with Gasteiger partial charge in [0.1, 0.15) is 0 Å². The standard InChI is InChI=1S/C18H17N3O2/c1-13-6-5-9-15(12-13)16-20-18(23-21-16)17(22)19-11-10-14-7-3-2-4-8-14/h2-9,12H,10-11H2,1H3,(H,19,22). The van der Waals surface area contributed by atoms with Crippen LogP contribution in [0.15, 0.2) is 59.1 Å². The van der Waals surface area contributed by atoms with Gasteiger partial charge in [-0.25, -0.2) is 0 Å². The van der Waals surface area contributed by atoms with Gasteiger partial charge in [0.25, 0.3) is 0 Å². The van der Waals surface area contributed by atoms with Crippen molar-refractivity contribution in [1.29, 1.82) is 0 Å². The molecule has 23 heavy (non-hydrogen) atoms. The summed E-state index contributed by atoms with van der Waals surface area (Å²) in [6.45, 7) is 2.51. The summed E-state index contributed by atoms with van der Waals surface area (Å²) < 4.78 is 5.05. The number of rotatable bonds is 5. The number of hydrogen-bond donors (Lipinski definition) is 1. The van der Waals surface area contributed by atoms with Gasteiger partial charge in [-0.1, -0.05) is 59.3 Å². The van der Waals surface area contributed by atoms with Crippen LogP contribution in [0.1, 0.15) is 21.8 Å². The van der Waals surface area contributed by atoms with Gasteiger partial charge in [0, 0.05) is 12.1 Å². The second kappa shape index (κ2) is 6.87. The Kier molecular flexibility index (Phi) is 4.47. The molecule has 5 nitrogen and oxygen atoms in total. The second-order valence-electron chi connectivity index (χ2n) is 5.28. The average molecular weight is 307 g/mol. The number of aromatic nitrogens is 2. The summed E-state index contributed by atoms with van der Waals surface area (Å²) >= 11 is 0. The van der Waals surface area contributed by atoms with Crippen molar-refractivity contribution in [3.8, 4) is 11.4 Å². The topological polar surface area (TPSA) is 68.0 Å². The molecule has 0 atom stereocenters. The zero-order valence-electron chi connectivity index (χ0n) is 12.8. The Morgan fingerprint density at radius 2 is 1.96 bits per heavy atom. The molecular weight excluding hydrogens is 290 g/mol. The van der Waals surface area contributed by atoms with Crippen molar-refractivity contribution < 1.29 is 9.32 Å². The van der Waals surface area contributed by atoms with Crippen LogP contribution < -0.4 is 5.32 Å². The third-order valence-corrected chi connectivity index (χ3v) is 3.44. The van der Waals surface area contributed by atoms with Gasteiger partial charge < -0.3 is 9.84 Å². The lowest BCUT2D eigenvalue weighted by Crippen LogP contribution is -2.25. The number of nitrogens with zero attached hydrogens (tertiary/aromatic N) is 2. The zero-order valence-corrected chi connectivity index (χ0v) is 12.8. The smallest absolute Gasteiger partial charge is 0.316 e. The van der Waals surface area contributed by atoms with Crippen molar-refractivity contribution in [3.05, 3.63) is 71.6 Å². The van der Waals surface area contributed by atoms with E-state index >= 15 is 0 Å². The van der Waals surface area contributed by atoms with E-state index in [1.807, 2.05) is 61.5 Å². The molecule has 5 heteroatoms. The van der Waals surface area contributed by atoms with Gasteiger partial charge in [-0.2, -0.15) is 4.98 Å². The molecule has 1 aromatic heterocycles. The van der Waals surface area contributed by atoms with Gasteiger partial charge in [-0.15, -0.1) is 0 Å². The molecule has 0 saturated carbocycles. The Bertz CT molecular complexity index is 797. The number of carbonyl (C=O) groups is 1. The number of carbonyl (C=O) groups excluding carboxylic acids is 1. The van der Waals surface area contributed by atoms with Gasteiger partial charge >= 0.3 is 11.8 Å². The number of aryl methyl sites for hydroxylation is 1. The fraction of sp³-hybridized carbons (Fsp3) is 0.167. The molecule has 1 N–H and O–H groups in total. The summed E-state index contributed by atoms with van der Waals surface area (Å²) in [7, 11) is 0. The third kappa shape index (κ3) is 3.83. The maximum atomic E-state index is 12.0. The van der Waals surface area contributed by atoms with Gasteiger partial charge in [0.15, 0.2) is 0 Å². The highest BCUT2D eigenvalue weighted by Crippen LogP contribution is 2.16. The maximum absolute atomic E-state index is 12.0. The molecule has 0 saturated heterocycles. The van der Waals surface area contributed by atoms with E-state index < -0.39 is 0 Å². The molecule has 2 aromatic carbocycles. The quantitative estimate of drug-likeness (QED) is 0.786. The minimum atomic E-state index is -0.354. The first kappa shape index (κ1) is 15.0. The van der Waals surface area contributed by atoms with Gasteiger partial charge in [-0.3, -0.25) is 4.79 Å². The molecule has 0 aliphatic heterocycles. The van der Waals surface area contributed by atoms with Gasteiger partial charge in [-0.05, 0) is 25.0 Å². The minimum Gasteiger partial charge on any atom is -0.347 e. The van der Waals surface area contributed by atoms with Crippen molar-refractivity contribution in [2.75, 3.05) is 6.54 Å². The molecule has 3 aromatic rings. The van der Waals surface area contributed by atoms with E-state index in [9.17, 15) is 4.79 Å². The predicted molar refractivity (Wildman–Crippen MR) is 87.0 cm³/mol. The summed E-state index contributed by atoms with van der Waals surface area (Å²) in [5.41, 5.74) is 3.09. The van der Waals surface area contributed by atoms with E-state index in [1.165, 1.54) is 5.56 Å². The summed E-state index contributed by atoms with van der Waals surface area (Å²) in [5.74, 6) is 0.0452. The fourth-order valence-corrected chi connectivity index (χ4v) is 2.26. The highest BCUT2D eigenvalue weighted by molar-refractivity contribution is 5.89. The first-order valence-electron chi connectivity index (χ1n) is 7.45. The number of nitrogens with one attached hydrogen (secondary N) is 1. The Hall–Kier alpha value is -2.95. The fourth-order valence-electron chi connectivity index (χ4n) is 2.26. The largest absolute Gasteiger partial charge is 0.347 e. The second-order valence-corrected chi connectivity index (χ2v) is 5.28. The van der Waals surface area contributed by atoms with E-state index in [2.05, 4.69) is 15.5 Å². The van der Waals surface area contributed by atoms with Crippen LogP contribution in [0.5, 0.6) is 0 Å². The SMILES string of the molecule is Cc1cccc(-c2noc(C(=O)NCCc3ccccc3)n2)c1. The molecule has 0 spiro atoms. The van der Waals surface area contributed by atoms with E-state index in [4.69, 9.17) is 4.52 Å². The number of hydrogen-bond acceptors (Lipinski definition) is 4. The van der Waals surface area contributed by atoms with Crippen molar-refractivity contribution in [3.63, 3.8) is 0 Å². The van der Waals surface area contributed by atoms with Crippen LogP contribution in [0.25, 0.3) is 11.4 Å². The van der Waals surface area contributed by atoms with E-state index in [-0.39, 0.29) is 11.8 Å². The van der Waals surface area contributed by atoms with E-state index in [1.54, 1.807) is 0 Å².